The quantitative estimate of drug-likeness (QED) is 0.820. The van der Waals surface area contributed by atoms with Gasteiger partial charge in [-0.05, 0) is 50.6 Å². The van der Waals surface area contributed by atoms with Crippen molar-refractivity contribution in [1.82, 2.24) is 14.8 Å². The summed E-state index contributed by atoms with van der Waals surface area (Å²) in [7, 11) is 1.94. The molecule has 0 radical (unpaired) electrons. The molecule has 4 heterocycles. The third kappa shape index (κ3) is 3.25. The maximum atomic E-state index is 12.8. The van der Waals surface area contributed by atoms with Crippen molar-refractivity contribution < 1.29 is 9.73 Å². The minimum Gasteiger partial charge on any atom is -0.338 e. The van der Waals surface area contributed by atoms with Crippen LogP contribution in [0.3, 0.4) is 0 Å². The van der Waals surface area contributed by atoms with Crippen LogP contribution in [0.4, 0.5) is 11.4 Å². The second-order valence-electron chi connectivity index (χ2n) is 7.89. The molecule has 148 valence electrons. The van der Waals surface area contributed by atoms with Gasteiger partial charge in [0, 0.05) is 30.2 Å². The molecule has 1 aromatic carbocycles. The van der Waals surface area contributed by atoms with Gasteiger partial charge in [0.2, 0.25) is 5.91 Å². The van der Waals surface area contributed by atoms with E-state index in [0.717, 1.165) is 52.9 Å². The van der Waals surface area contributed by atoms with Crippen LogP contribution in [-0.2, 0) is 9.73 Å². The summed E-state index contributed by atoms with van der Waals surface area (Å²) >= 11 is 1.67. The summed E-state index contributed by atoms with van der Waals surface area (Å²) in [5, 5.41) is 0.965. The molecular weight excluding hydrogens is 374 g/mol. The van der Waals surface area contributed by atoms with Gasteiger partial charge in [0.1, 0.15) is 5.01 Å². The zero-order valence-electron chi connectivity index (χ0n) is 16.0. The molecule has 0 saturated carbocycles. The van der Waals surface area contributed by atoms with Crippen LogP contribution in [0, 0.1) is 5.92 Å². The van der Waals surface area contributed by atoms with E-state index in [1.54, 1.807) is 11.3 Å². The number of hydrogen-bond donors (Lipinski definition) is 2. The third-order valence-corrected chi connectivity index (χ3v) is 7.19. The van der Waals surface area contributed by atoms with Gasteiger partial charge in [-0.15, -0.1) is 11.3 Å². The summed E-state index contributed by atoms with van der Waals surface area (Å²) < 4.78 is 0. The highest BCUT2D eigenvalue weighted by molar-refractivity contribution is 7.15. The lowest BCUT2D eigenvalue weighted by Gasteiger charge is -2.28. The van der Waals surface area contributed by atoms with E-state index in [1.165, 1.54) is 19.3 Å². The van der Waals surface area contributed by atoms with E-state index in [4.69, 9.17) is 4.94 Å². The molecule has 1 amide bonds. The summed E-state index contributed by atoms with van der Waals surface area (Å²) in [6, 6.07) is 6.17. The third-order valence-electron chi connectivity index (χ3n) is 6.04. The van der Waals surface area contributed by atoms with Gasteiger partial charge >= 0.3 is 0 Å². The van der Waals surface area contributed by atoms with Crippen molar-refractivity contribution in [3.8, 4) is 10.6 Å². The number of aromatic nitrogens is 1. The molecule has 0 aliphatic carbocycles. The van der Waals surface area contributed by atoms with Crippen LogP contribution in [0.5, 0.6) is 0 Å². The number of hydrogen-bond acceptors (Lipinski definition) is 7. The van der Waals surface area contributed by atoms with Crippen LogP contribution < -0.4 is 11.0 Å². The predicted molar refractivity (Wildman–Crippen MR) is 110 cm³/mol. The molecule has 2 aromatic rings. The number of piperidine rings is 1. The Bertz CT molecular complexity index is 879. The first-order chi connectivity index (χ1) is 13.7. The molecule has 2 N–H and O–H groups in total. The van der Waals surface area contributed by atoms with Gasteiger partial charge in [0.05, 0.1) is 23.3 Å². The highest BCUT2D eigenvalue weighted by Crippen LogP contribution is 2.41. The van der Waals surface area contributed by atoms with E-state index in [0.29, 0.717) is 0 Å². The lowest BCUT2D eigenvalue weighted by Crippen LogP contribution is -2.36. The number of nitrogens with zero attached hydrogens (tertiary/aromatic N) is 3. The average Bonchev–Trinajstić information content (AvgIpc) is 3.44. The number of fused-ring (bicyclic) bond motifs is 1. The van der Waals surface area contributed by atoms with E-state index in [-0.39, 0.29) is 17.9 Å². The number of likely N-dealkylation sites (tertiary alicyclic amines) is 2. The van der Waals surface area contributed by atoms with Gasteiger partial charge in [0.15, 0.2) is 0 Å². The van der Waals surface area contributed by atoms with E-state index < -0.39 is 0 Å². The molecule has 2 unspecified atom stereocenters. The molecule has 5 rings (SSSR count). The second kappa shape index (κ2) is 7.35. The summed E-state index contributed by atoms with van der Waals surface area (Å²) in [6.07, 6.45) is 6.66. The average molecular weight is 400 g/mol. The number of benzene rings is 1. The van der Waals surface area contributed by atoms with Crippen molar-refractivity contribution in [3.05, 3.63) is 29.3 Å². The molecule has 3 aliphatic heterocycles. The van der Waals surface area contributed by atoms with Gasteiger partial charge < -0.3 is 9.80 Å². The fourth-order valence-electron chi connectivity index (χ4n) is 4.44. The molecule has 2 fully saturated rings. The Balaban J connectivity index is 1.31. The first kappa shape index (κ1) is 17.9. The zero-order valence-corrected chi connectivity index (χ0v) is 16.8. The predicted octanol–water partition coefficient (Wildman–Crippen LogP) is 3.50. The second-order valence-corrected chi connectivity index (χ2v) is 8.96. The van der Waals surface area contributed by atoms with Gasteiger partial charge in [0.25, 0.3) is 0 Å². The minimum absolute atomic E-state index is 0.103. The number of thiazole rings is 1. The topological polar surface area (TPSA) is 69.7 Å². The Morgan fingerprint density at radius 1 is 1.21 bits per heavy atom. The molecule has 1 aromatic heterocycles. The van der Waals surface area contributed by atoms with Crippen molar-refractivity contribution in [1.29, 1.82) is 0 Å². The largest absolute Gasteiger partial charge is 0.338 e. The van der Waals surface area contributed by atoms with E-state index in [1.807, 2.05) is 36.3 Å². The summed E-state index contributed by atoms with van der Waals surface area (Å²) in [5.74, 6) is 0.376. The van der Waals surface area contributed by atoms with Crippen LogP contribution in [0.2, 0.25) is 0 Å². The maximum absolute atomic E-state index is 12.8. The summed E-state index contributed by atoms with van der Waals surface area (Å²) in [4.78, 5) is 28.0. The van der Waals surface area contributed by atoms with E-state index in [2.05, 4.69) is 20.8 Å². The minimum atomic E-state index is 0.103. The van der Waals surface area contributed by atoms with Crippen LogP contribution in [-0.4, -0.2) is 47.4 Å². The number of nitrogens with one attached hydrogen (secondary N) is 2. The monoisotopic (exact) mass is 399 g/mol. The molecular formula is C20H25N5O2S. The molecule has 3 aliphatic rings. The summed E-state index contributed by atoms with van der Waals surface area (Å²) in [5.41, 5.74) is 8.51. The fourth-order valence-corrected chi connectivity index (χ4v) is 5.51. The highest BCUT2D eigenvalue weighted by atomic mass is 32.1. The zero-order chi connectivity index (χ0) is 19.1. The number of amides is 1. The van der Waals surface area contributed by atoms with Crippen molar-refractivity contribution in [3.63, 3.8) is 0 Å². The van der Waals surface area contributed by atoms with Gasteiger partial charge in [-0.1, -0.05) is 6.42 Å². The number of anilines is 2. The normalized spacial score (nSPS) is 24.9. The Labute approximate surface area is 168 Å². The smallest absolute Gasteiger partial charge is 0.227 e. The molecule has 8 heteroatoms. The lowest BCUT2D eigenvalue weighted by atomic mass is 10.0. The van der Waals surface area contributed by atoms with Crippen LogP contribution >= 0.6 is 11.3 Å². The van der Waals surface area contributed by atoms with E-state index >= 15 is 0 Å². The van der Waals surface area contributed by atoms with Gasteiger partial charge in [-0.25, -0.2) is 15.9 Å². The fraction of sp³-hybridized carbons (Fsp3) is 0.500. The molecule has 7 nitrogen and oxygen atoms in total. The molecule has 28 heavy (non-hydrogen) atoms. The first-order valence-electron chi connectivity index (χ1n) is 9.96. The van der Waals surface area contributed by atoms with Crippen LogP contribution in [0.1, 0.15) is 36.6 Å². The van der Waals surface area contributed by atoms with Crippen molar-refractivity contribution in [2.45, 2.75) is 31.7 Å². The highest BCUT2D eigenvalue weighted by Gasteiger charge is 2.39. The van der Waals surface area contributed by atoms with Crippen molar-refractivity contribution in [2.24, 2.45) is 5.92 Å². The Morgan fingerprint density at radius 2 is 2.04 bits per heavy atom. The Morgan fingerprint density at radius 3 is 2.89 bits per heavy atom. The maximum Gasteiger partial charge on any atom is 0.227 e. The number of carbonyl (C=O) groups is 1. The summed E-state index contributed by atoms with van der Waals surface area (Å²) in [6.45, 7) is 3.16. The lowest BCUT2D eigenvalue weighted by molar-refractivity contribution is -0.131. The molecule has 2 saturated heterocycles. The van der Waals surface area contributed by atoms with E-state index in [9.17, 15) is 4.79 Å². The van der Waals surface area contributed by atoms with Gasteiger partial charge in [-0.2, -0.15) is 4.94 Å². The van der Waals surface area contributed by atoms with Crippen LogP contribution in [0.15, 0.2) is 24.4 Å². The molecule has 0 spiro atoms. The standard InChI is InChI=1S/C20H25N5O2S/c1-24-17(10-14(20(24)26)12-25-7-3-2-4-8-25)18-11-21-19(28-18)13-5-6-15-16(9-13)23-27-22-15/h5-6,9,11,14,17,22-23H,2-4,7-8,10,12H2,1H3. The Kier molecular flexibility index (Phi) is 4.70. The van der Waals surface area contributed by atoms with Crippen molar-refractivity contribution >= 4 is 28.6 Å². The first-order valence-corrected chi connectivity index (χ1v) is 10.8. The van der Waals surface area contributed by atoms with Gasteiger partial charge in [-0.3, -0.25) is 4.79 Å². The SMILES string of the molecule is CN1C(=O)C(CN2CCCCC2)CC1c1cnc(-c2ccc3c(c2)NON3)s1. The number of rotatable bonds is 4. The molecule has 2 atom stereocenters. The number of carbonyl (C=O) groups excluding carboxylic acids is 1. The van der Waals surface area contributed by atoms with Crippen molar-refractivity contribution in [2.75, 3.05) is 37.6 Å². The molecule has 0 bridgehead atoms. The Hall–Kier alpha value is -2.16. The van der Waals surface area contributed by atoms with Crippen LogP contribution in [0.25, 0.3) is 10.6 Å².